The van der Waals surface area contributed by atoms with Gasteiger partial charge in [0.05, 0.1) is 0 Å². The second-order valence-electron chi connectivity index (χ2n) is 5.52. The number of aliphatic hydroxyl groups is 1. The maximum atomic E-state index is 11.6. The van der Waals surface area contributed by atoms with Crippen LogP contribution in [0.2, 0.25) is 0 Å². The molecule has 0 saturated heterocycles. The minimum atomic E-state index is -1.16. The fourth-order valence-corrected chi connectivity index (χ4v) is 1.55. The molecule has 0 aliphatic heterocycles. The van der Waals surface area contributed by atoms with Crippen LogP contribution in [0, 0.1) is 6.92 Å². The Morgan fingerprint density at radius 2 is 2.06 bits per heavy atom. The quantitative estimate of drug-likeness (QED) is 0.762. The summed E-state index contributed by atoms with van der Waals surface area (Å²) >= 11 is 0. The average molecular weight is 250 g/mol. The summed E-state index contributed by atoms with van der Waals surface area (Å²) in [4.78, 5) is 11.6. The third-order valence-corrected chi connectivity index (χ3v) is 2.89. The maximum Gasteiger partial charge on any atom is 0.254 e. The molecule has 1 atom stereocenters. The highest BCUT2D eigenvalue weighted by atomic mass is 16.3. The second-order valence-corrected chi connectivity index (χ2v) is 5.52. The number of anilines is 1. The molecule has 0 aliphatic carbocycles. The number of carbonyl (C=O) groups is 1. The number of aliphatic hydroxyl groups excluding tert-OH is 1. The summed E-state index contributed by atoms with van der Waals surface area (Å²) < 4.78 is 0. The Kier molecular flexibility index (Phi) is 4.48. The second kappa shape index (κ2) is 5.50. The van der Waals surface area contributed by atoms with Crippen LogP contribution in [-0.4, -0.2) is 23.7 Å². The summed E-state index contributed by atoms with van der Waals surface area (Å²) in [6.07, 6.45) is -1.16. The van der Waals surface area contributed by atoms with Gasteiger partial charge in [0.1, 0.15) is 6.10 Å². The van der Waals surface area contributed by atoms with Crippen molar-refractivity contribution in [2.75, 3.05) is 11.9 Å². The zero-order valence-corrected chi connectivity index (χ0v) is 11.4. The van der Waals surface area contributed by atoms with E-state index in [1.54, 1.807) is 0 Å². The lowest BCUT2D eigenvalue weighted by Crippen LogP contribution is -2.34. The van der Waals surface area contributed by atoms with E-state index < -0.39 is 12.0 Å². The van der Waals surface area contributed by atoms with Crippen LogP contribution in [0.4, 0.5) is 5.69 Å². The SMILES string of the molecule is Cc1ccc(C(C)(C)C)cc1NC(=O)C(O)CN. The van der Waals surface area contributed by atoms with Gasteiger partial charge in [0.25, 0.3) is 5.91 Å². The Morgan fingerprint density at radius 3 is 2.56 bits per heavy atom. The molecule has 100 valence electrons. The number of nitrogens with two attached hydrogens (primary N) is 1. The molecule has 18 heavy (non-hydrogen) atoms. The normalized spacial score (nSPS) is 13.2. The minimum Gasteiger partial charge on any atom is -0.382 e. The van der Waals surface area contributed by atoms with E-state index in [-0.39, 0.29) is 12.0 Å². The average Bonchev–Trinajstić information content (AvgIpc) is 2.29. The summed E-state index contributed by atoms with van der Waals surface area (Å²) in [7, 11) is 0. The van der Waals surface area contributed by atoms with E-state index in [1.165, 1.54) is 0 Å². The fourth-order valence-electron chi connectivity index (χ4n) is 1.55. The molecule has 4 heteroatoms. The van der Waals surface area contributed by atoms with Crippen molar-refractivity contribution in [2.24, 2.45) is 5.73 Å². The topological polar surface area (TPSA) is 75.3 Å². The van der Waals surface area contributed by atoms with Crippen LogP contribution < -0.4 is 11.1 Å². The van der Waals surface area contributed by atoms with Gasteiger partial charge in [-0.2, -0.15) is 0 Å². The summed E-state index contributed by atoms with van der Waals surface area (Å²) in [5.74, 6) is -0.466. The standard InChI is InChI=1S/C14H22N2O2/c1-9-5-6-10(14(2,3)4)7-11(9)16-13(18)12(17)8-15/h5-7,12,17H,8,15H2,1-4H3,(H,16,18). The highest BCUT2D eigenvalue weighted by molar-refractivity contribution is 5.94. The van der Waals surface area contributed by atoms with Gasteiger partial charge in [-0.3, -0.25) is 4.79 Å². The summed E-state index contributed by atoms with van der Waals surface area (Å²) in [6.45, 7) is 8.16. The van der Waals surface area contributed by atoms with Gasteiger partial charge in [0.2, 0.25) is 0 Å². The first-order chi connectivity index (χ1) is 8.25. The van der Waals surface area contributed by atoms with Gasteiger partial charge in [-0.25, -0.2) is 0 Å². The van der Waals surface area contributed by atoms with E-state index in [9.17, 15) is 9.90 Å². The molecule has 1 amide bonds. The summed E-state index contributed by atoms with van der Waals surface area (Å²) in [5, 5.41) is 12.1. The highest BCUT2D eigenvalue weighted by Gasteiger charge is 2.17. The van der Waals surface area contributed by atoms with Crippen molar-refractivity contribution >= 4 is 11.6 Å². The monoisotopic (exact) mass is 250 g/mol. The van der Waals surface area contributed by atoms with Gasteiger partial charge < -0.3 is 16.2 Å². The van der Waals surface area contributed by atoms with Gasteiger partial charge in [-0.05, 0) is 29.5 Å². The minimum absolute atomic E-state index is 0.0136. The van der Waals surface area contributed by atoms with Crippen LogP contribution in [0.25, 0.3) is 0 Å². The van der Waals surface area contributed by atoms with Crippen LogP contribution in [0.15, 0.2) is 18.2 Å². The van der Waals surface area contributed by atoms with Gasteiger partial charge in [0.15, 0.2) is 0 Å². The van der Waals surface area contributed by atoms with Crippen molar-refractivity contribution in [1.82, 2.24) is 0 Å². The van der Waals surface area contributed by atoms with Gasteiger partial charge >= 0.3 is 0 Å². The third kappa shape index (κ3) is 3.55. The van der Waals surface area contributed by atoms with Crippen molar-refractivity contribution in [2.45, 2.75) is 39.2 Å². The number of carbonyl (C=O) groups excluding carboxylic acids is 1. The van der Waals surface area contributed by atoms with Crippen LogP contribution in [-0.2, 0) is 10.2 Å². The largest absolute Gasteiger partial charge is 0.382 e. The van der Waals surface area contributed by atoms with Crippen LogP contribution in [0.3, 0.4) is 0 Å². The Labute approximate surface area is 108 Å². The molecule has 1 unspecified atom stereocenters. The van der Waals surface area contributed by atoms with Crippen LogP contribution >= 0.6 is 0 Å². The van der Waals surface area contributed by atoms with Crippen molar-refractivity contribution in [1.29, 1.82) is 0 Å². The molecule has 4 nitrogen and oxygen atoms in total. The molecule has 0 fully saturated rings. The first-order valence-electron chi connectivity index (χ1n) is 6.06. The number of hydrogen-bond acceptors (Lipinski definition) is 3. The molecule has 0 aromatic heterocycles. The van der Waals surface area contributed by atoms with Gasteiger partial charge in [0, 0.05) is 12.2 Å². The van der Waals surface area contributed by atoms with E-state index in [0.717, 1.165) is 16.8 Å². The van der Waals surface area contributed by atoms with E-state index >= 15 is 0 Å². The predicted octanol–water partition coefficient (Wildman–Crippen LogP) is 1.55. The van der Waals surface area contributed by atoms with Gasteiger partial charge in [-0.1, -0.05) is 32.9 Å². The Morgan fingerprint density at radius 1 is 1.44 bits per heavy atom. The summed E-state index contributed by atoms with van der Waals surface area (Å²) in [6, 6.07) is 5.95. The molecule has 0 heterocycles. The molecular formula is C14H22N2O2. The molecule has 4 N–H and O–H groups in total. The predicted molar refractivity (Wildman–Crippen MR) is 73.6 cm³/mol. The van der Waals surface area contributed by atoms with E-state index in [4.69, 9.17) is 5.73 Å². The Balaban J connectivity index is 2.99. The molecular weight excluding hydrogens is 228 g/mol. The van der Waals surface area contributed by atoms with Gasteiger partial charge in [-0.15, -0.1) is 0 Å². The highest BCUT2D eigenvalue weighted by Crippen LogP contribution is 2.26. The molecule has 1 aromatic rings. The van der Waals surface area contributed by atoms with Crippen molar-refractivity contribution in [3.05, 3.63) is 29.3 Å². The van der Waals surface area contributed by atoms with E-state index in [2.05, 4.69) is 26.1 Å². The number of benzene rings is 1. The third-order valence-electron chi connectivity index (χ3n) is 2.89. The van der Waals surface area contributed by atoms with Crippen molar-refractivity contribution in [3.8, 4) is 0 Å². The summed E-state index contributed by atoms with van der Waals surface area (Å²) in [5.41, 5.74) is 8.08. The Hall–Kier alpha value is -1.39. The van der Waals surface area contributed by atoms with E-state index in [1.807, 2.05) is 25.1 Å². The van der Waals surface area contributed by atoms with E-state index in [0.29, 0.717) is 0 Å². The molecule has 1 aromatic carbocycles. The number of nitrogens with one attached hydrogen (secondary N) is 1. The Bertz CT molecular complexity index is 436. The lowest BCUT2D eigenvalue weighted by molar-refractivity contribution is -0.123. The first kappa shape index (κ1) is 14.7. The fraction of sp³-hybridized carbons (Fsp3) is 0.500. The number of aryl methyl sites for hydroxylation is 1. The molecule has 0 aliphatic rings. The van der Waals surface area contributed by atoms with Crippen LogP contribution in [0.5, 0.6) is 0 Å². The number of hydrogen-bond donors (Lipinski definition) is 3. The van der Waals surface area contributed by atoms with Crippen molar-refractivity contribution < 1.29 is 9.90 Å². The first-order valence-corrected chi connectivity index (χ1v) is 6.06. The lowest BCUT2D eigenvalue weighted by Gasteiger charge is -2.21. The molecule has 0 spiro atoms. The van der Waals surface area contributed by atoms with Crippen molar-refractivity contribution in [3.63, 3.8) is 0 Å². The van der Waals surface area contributed by atoms with Crippen LogP contribution in [0.1, 0.15) is 31.9 Å². The number of amides is 1. The molecule has 0 bridgehead atoms. The maximum absolute atomic E-state index is 11.6. The zero-order chi connectivity index (χ0) is 13.9. The zero-order valence-electron chi connectivity index (χ0n) is 11.4. The lowest BCUT2D eigenvalue weighted by atomic mass is 9.86. The smallest absolute Gasteiger partial charge is 0.254 e. The molecule has 1 rings (SSSR count). The molecule has 0 radical (unpaired) electrons. The molecule has 0 saturated carbocycles. The number of rotatable bonds is 3.